The van der Waals surface area contributed by atoms with Crippen LogP contribution in [0.15, 0.2) is 16.3 Å². The van der Waals surface area contributed by atoms with Gasteiger partial charge in [-0.25, -0.2) is 13.6 Å². The minimum Gasteiger partial charge on any atom is -0.383 e. The molecule has 0 aliphatic heterocycles. The zero-order valence-corrected chi connectivity index (χ0v) is 16.2. The molecule has 0 aliphatic carbocycles. The first kappa shape index (κ1) is 20.8. The highest BCUT2D eigenvalue weighted by molar-refractivity contribution is 7.91. The summed E-state index contributed by atoms with van der Waals surface area (Å²) in [7, 11) is -0.243. The summed E-state index contributed by atoms with van der Waals surface area (Å²) >= 11 is 2.81. The Kier molecular flexibility index (Phi) is 8.39. The molecule has 0 fully saturated rings. The van der Waals surface area contributed by atoms with Crippen molar-refractivity contribution < 1.29 is 17.9 Å². The molecule has 0 aromatic carbocycles. The molecule has 0 unspecified atom stereocenters. The predicted octanol–water partition coefficient (Wildman–Crippen LogP) is 2.13. The van der Waals surface area contributed by atoms with Crippen molar-refractivity contribution in [3.05, 3.63) is 17.0 Å². The fourth-order valence-electron chi connectivity index (χ4n) is 2.01. The van der Waals surface area contributed by atoms with Crippen LogP contribution in [0.1, 0.15) is 4.88 Å². The van der Waals surface area contributed by atoms with Gasteiger partial charge in [0.25, 0.3) is 0 Å². The molecule has 6 nitrogen and oxygen atoms in total. The first-order chi connectivity index (χ1) is 10.4. The van der Waals surface area contributed by atoms with E-state index in [2.05, 4.69) is 4.90 Å². The van der Waals surface area contributed by atoms with E-state index in [-0.39, 0.29) is 16.6 Å². The molecule has 0 amide bonds. The van der Waals surface area contributed by atoms with E-state index in [4.69, 9.17) is 14.6 Å². The van der Waals surface area contributed by atoms with Gasteiger partial charge in [0.15, 0.2) is 0 Å². The Morgan fingerprint density at radius 3 is 2.13 bits per heavy atom. The van der Waals surface area contributed by atoms with Crippen LogP contribution in [0, 0.1) is 0 Å². The van der Waals surface area contributed by atoms with Gasteiger partial charge in [0.1, 0.15) is 4.21 Å². The summed E-state index contributed by atoms with van der Waals surface area (Å²) in [5.41, 5.74) is 0. The van der Waals surface area contributed by atoms with Gasteiger partial charge in [-0.1, -0.05) is 0 Å². The lowest BCUT2D eigenvalue weighted by molar-refractivity contribution is 0.111. The van der Waals surface area contributed by atoms with E-state index < -0.39 is 10.0 Å². The second-order valence-electron chi connectivity index (χ2n) is 4.81. The highest BCUT2D eigenvalue weighted by atomic mass is 35.5. The van der Waals surface area contributed by atoms with Crippen LogP contribution in [0.25, 0.3) is 9.40 Å². The summed E-state index contributed by atoms with van der Waals surface area (Å²) in [6.45, 7) is 3.78. The van der Waals surface area contributed by atoms with Gasteiger partial charge in [-0.05, 0) is 12.1 Å². The fourth-order valence-corrected chi connectivity index (χ4v) is 5.30. The maximum absolute atomic E-state index is 11.4. The van der Waals surface area contributed by atoms with Crippen molar-refractivity contribution in [1.29, 1.82) is 0 Å². The molecule has 0 bridgehead atoms. The first-order valence-corrected chi connectivity index (χ1v) is 9.87. The Hall–Kier alpha value is -0.260. The van der Waals surface area contributed by atoms with Crippen molar-refractivity contribution in [2.24, 2.45) is 5.14 Å². The quantitative estimate of drug-likeness (QED) is 0.697. The lowest BCUT2D eigenvalue weighted by Gasteiger charge is -2.20. The highest BCUT2D eigenvalue weighted by Crippen LogP contribution is 2.35. The maximum atomic E-state index is 11.4. The van der Waals surface area contributed by atoms with Crippen molar-refractivity contribution in [3.8, 4) is 0 Å². The van der Waals surface area contributed by atoms with Crippen LogP contribution in [0.3, 0.4) is 0 Å². The number of nitrogens with two attached hydrogens (primary N) is 1. The van der Waals surface area contributed by atoms with E-state index in [1.807, 2.05) is 6.07 Å². The molecular weight excluding hydrogens is 380 g/mol. The molecule has 2 N–H and O–H groups in total. The molecule has 2 heterocycles. The Morgan fingerprint density at radius 1 is 1.09 bits per heavy atom. The number of hydrogen-bond donors (Lipinski definition) is 1. The number of ether oxygens (including phenoxy) is 2. The van der Waals surface area contributed by atoms with Gasteiger partial charge in [-0.3, -0.25) is 4.90 Å². The second kappa shape index (κ2) is 9.28. The van der Waals surface area contributed by atoms with Crippen molar-refractivity contribution >= 4 is 54.5 Å². The van der Waals surface area contributed by atoms with Crippen LogP contribution >= 0.6 is 35.1 Å². The molecule has 0 aliphatic rings. The van der Waals surface area contributed by atoms with Crippen LogP contribution in [0.4, 0.5) is 0 Å². The van der Waals surface area contributed by atoms with Crippen LogP contribution in [-0.2, 0) is 26.0 Å². The van der Waals surface area contributed by atoms with Gasteiger partial charge >= 0.3 is 0 Å². The Labute approximate surface area is 150 Å². The number of fused-ring (bicyclic) bond motifs is 1. The monoisotopic (exact) mass is 400 g/mol. The van der Waals surface area contributed by atoms with E-state index in [0.29, 0.717) is 13.2 Å². The molecule has 0 radical (unpaired) electrons. The Bertz CT molecular complexity index is 674. The first-order valence-electron chi connectivity index (χ1n) is 6.69. The fraction of sp³-hybridized carbons (Fsp3) is 0.538. The third-order valence-electron chi connectivity index (χ3n) is 3.12. The third-order valence-corrected chi connectivity index (χ3v) is 6.82. The maximum Gasteiger partial charge on any atom is 0.247 e. The summed E-state index contributed by atoms with van der Waals surface area (Å²) in [4.78, 5) is 3.44. The minimum atomic E-state index is -3.61. The molecule has 132 valence electrons. The number of hydrogen-bond acceptors (Lipinski definition) is 7. The number of halogens is 1. The Morgan fingerprint density at radius 2 is 1.65 bits per heavy atom. The summed E-state index contributed by atoms with van der Waals surface area (Å²) in [6, 6.07) is 3.68. The molecule has 2 aromatic rings. The van der Waals surface area contributed by atoms with Crippen molar-refractivity contribution in [1.82, 2.24) is 4.90 Å². The van der Waals surface area contributed by atoms with E-state index in [9.17, 15) is 8.42 Å². The van der Waals surface area contributed by atoms with E-state index in [1.165, 1.54) is 16.2 Å². The van der Waals surface area contributed by atoms with Crippen LogP contribution in [-0.4, -0.2) is 53.8 Å². The predicted molar refractivity (Wildman–Crippen MR) is 97.4 cm³/mol. The van der Waals surface area contributed by atoms with Crippen LogP contribution < -0.4 is 5.14 Å². The molecule has 0 saturated carbocycles. The van der Waals surface area contributed by atoms with Gasteiger partial charge < -0.3 is 9.47 Å². The lowest BCUT2D eigenvalue weighted by atomic mass is 10.4. The normalized spacial score (nSPS) is 12.0. The molecule has 0 saturated heterocycles. The summed E-state index contributed by atoms with van der Waals surface area (Å²) in [5, 5.41) is 5.16. The standard InChI is InChI=1S/C13H20N2O4S3.ClH/c1-18-5-3-15(4-6-19-2)9-10-7-11-12(20-10)8-13(21-11)22(14,16)17;/h7-8H,3-6,9H2,1-2H3,(H2,14,16,17);1H. The molecule has 10 heteroatoms. The molecule has 23 heavy (non-hydrogen) atoms. The number of nitrogens with zero attached hydrogens (tertiary/aromatic N) is 1. The lowest BCUT2D eigenvalue weighted by Crippen LogP contribution is -2.29. The topological polar surface area (TPSA) is 81.9 Å². The molecule has 2 rings (SSSR count). The summed E-state index contributed by atoms with van der Waals surface area (Å²) in [6.07, 6.45) is 0. The SMILES string of the molecule is COCCN(CCOC)Cc1cc2sc(S(N)(=O)=O)cc2s1.Cl. The molecule has 0 atom stereocenters. The van der Waals surface area contributed by atoms with Gasteiger partial charge in [0.05, 0.1) is 13.2 Å². The van der Waals surface area contributed by atoms with E-state index in [1.54, 1.807) is 31.6 Å². The number of sulfonamides is 1. The third kappa shape index (κ3) is 5.95. The van der Waals surface area contributed by atoms with Gasteiger partial charge in [-0.15, -0.1) is 35.1 Å². The van der Waals surface area contributed by atoms with Crippen molar-refractivity contribution in [3.63, 3.8) is 0 Å². The summed E-state index contributed by atoms with van der Waals surface area (Å²) in [5.74, 6) is 0. The largest absolute Gasteiger partial charge is 0.383 e. The molecule has 0 spiro atoms. The highest BCUT2D eigenvalue weighted by Gasteiger charge is 2.15. The minimum absolute atomic E-state index is 0. The number of thiophene rings is 2. The number of rotatable bonds is 9. The van der Waals surface area contributed by atoms with Crippen LogP contribution in [0.5, 0.6) is 0 Å². The summed E-state index contributed by atoms with van der Waals surface area (Å²) < 4.78 is 35.1. The van der Waals surface area contributed by atoms with E-state index >= 15 is 0 Å². The smallest absolute Gasteiger partial charge is 0.247 e. The van der Waals surface area contributed by atoms with Gasteiger partial charge in [-0.2, -0.15) is 0 Å². The average molecular weight is 401 g/mol. The zero-order chi connectivity index (χ0) is 16.2. The Balaban J connectivity index is 0.00000264. The number of primary sulfonamides is 1. The average Bonchev–Trinajstić information content (AvgIpc) is 2.99. The van der Waals surface area contributed by atoms with Crippen molar-refractivity contribution in [2.75, 3.05) is 40.5 Å². The van der Waals surface area contributed by atoms with Gasteiger partial charge in [0, 0.05) is 48.1 Å². The molecular formula is C13H21ClN2O4S3. The molecule has 2 aromatic heterocycles. The van der Waals surface area contributed by atoms with Crippen molar-refractivity contribution in [2.45, 2.75) is 10.8 Å². The van der Waals surface area contributed by atoms with E-state index in [0.717, 1.165) is 29.0 Å². The van der Waals surface area contributed by atoms with Gasteiger partial charge in [0.2, 0.25) is 10.0 Å². The second-order valence-corrected chi connectivity index (χ2v) is 8.85. The zero-order valence-electron chi connectivity index (χ0n) is 13.0. The number of methoxy groups -OCH3 is 2. The van der Waals surface area contributed by atoms with Crippen LogP contribution in [0.2, 0.25) is 0 Å².